The van der Waals surface area contributed by atoms with Crippen LogP contribution in [-0.4, -0.2) is 5.48 Å². The Hall–Kier alpha value is 0.0500. The maximum Gasteiger partial charge on any atom is 1.00 e. The molecule has 0 saturated heterocycles. The summed E-state index contributed by atoms with van der Waals surface area (Å²) in [6.07, 6.45) is 0. The molecule has 2 heteroatoms. The predicted octanol–water partition coefficient (Wildman–Crippen LogP) is -1.95. The fraction of sp³-hybridized carbons (Fsp3) is 0. The number of benzene rings is 1. The molecule has 0 heterocycles. The predicted molar refractivity (Wildman–Crippen MR) is 34.5 cm³/mol. The summed E-state index contributed by atoms with van der Waals surface area (Å²) in [5.41, 5.74) is 1.07. The Kier molecular flexibility index (Phi) is 8.09. The van der Waals surface area contributed by atoms with Crippen LogP contribution in [0.25, 0.3) is 0 Å². The Bertz CT molecular complexity index is 139. The summed E-state index contributed by atoms with van der Waals surface area (Å²) in [5, 5.41) is 0. The summed E-state index contributed by atoms with van der Waals surface area (Å²) >= 11 is 0. The summed E-state index contributed by atoms with van der Waals surface area (Å²) in [7, 11) is 0. The Morgan fingerprint density at radius 1 is 1.00 bits per heavy atom. The molecule has 0 aliphatic carbocycles. The molecule has 0 atom stereocenters. The van der Waals surface area contributed by atoms with Gasteiger partial charge in [-0.2, -0.15) is 24.6 Å². The van der Waals surface area contributed by atoms with Crippen LogP contribution in [0.5, 0.6) is 0 Å². The van der Waals surface area contributed by atoms with E-state index in [9.17, 15) is 0 Å². The minimum atomic E-state index is 0. The quantitative estimate of drug-likeness (QED) is 0.290. The number of hydrogen-bond donors (Lipinski definition) is 0. The average molecular weight is 132 g/mol. The Morgan fingerprint density at radius 3 is 1.67 bits per heavy atom. The molecule has 0 aliphatic heterocycles. The molecular formula is C7H9NaO. The van der Waals surface area contributed by atoms with Crippen LogP contribution in [0.2, 0.25) is 0 Å². The summed E-state index contributed by atoms with van der Waals surface area (Å²) in [4.78, 5) is 0. The van der Waals surface area contributed by atoms with E-state index in [0.717, 1.165) is 5.56 Å². The third-order valence-corrected chi connectivity index (χ3v) is 0.843. The monoisotopic (exact) mass is 132 g/mol. The molecule has 2 N–H and O–H groups in total. The van der Waals surface area contributed by atoms with Crippen molar-refractivity contribution in [2.24, 2.45) is 0 Å². The van der Waals surface area contributed by atoms with E-state index in [1.165, 1.54) is 0 Å². The topological polar surface area (TPSA) is 31.5 Å². The van der Waals surface area contributed by atoms with Gasteiger partial charge in [0.2, 0.25) is 0 Å². The van der Waals surface area contributed by atoms with Crippen molar-refractivity contribution in [3.05, 3.63) is 42.8 Å². The van der Waals surface area contributed by atoms with Crippen LogP contribution >= 0.6 is 0 Å². The zero-order valence-electron chi connectivity index (χ0n) is 5.59. The first-order valence-corrected chi connectivity index (χ1v) is 2.26. The van der Waals surface area contributed by atoms with Crippen LogP contribution < -0.4 is 29.6 Å². The summed E-state index contributed by atoms with van der Waals surface area (Å²) < 4.78 is 0. The second-order valence-electron chi connectivity index (χ2n) is 1.49. The standard InChI is InChI=1S/C7H7.Na.H2O/c1-7-5-3-2-4-6-7;;/h2-6H,1H2;;1H2/q-1;+1;. The van der Waals surface area contributed by atoms with Crippen molar-refractivity contribution in [2.75, 3.05) is 0 Å². The van der Waals surface area contributed by atoms with Crippen LogP contribution in [0.15, 0.2) is 30.3 Å². The van der Waals surface area contributed by atoms with E-state index in [1.807, 2.05) is 30.3 Å². The summed E-state index contributed by atoms with van der Waals surface area (Å²) in [5.74, 6) is 0. The van der Waals surface area contributed by atoms with Crippen LogP contribution in [0.4, 0.5) is 0 Å². The van der Waals surface area contributed by atoms with Crippen LogP contribution in [0.1, 0.15) is 5.56 Å². The molecule has 9 heavy (non-hydrogen) atoms. The van der Waals surface area contributed by atoms with Gasteiger partial charge in [-0.1, -0.05) is 6.07 Å². The van der Waals surface area contributed by atoms with Gasteiger partial charge in [0.15, 0.2) is 0 Å². The Morgan fingerprint density at radius 2 is 1.44 bits per heavy atom. The summed E-state index contributed by atoms with van der Waals surface area (Å²) in [6.45, 7) is 3.72. The second-order valence-corrected chi connectivity index (χ2v) is 1.49. The van der Waals surface area contributed by atoms with E-state index in [-0.39, 0.29) is 35.0 Å². The van der Waals surface area contributed by atoms with Crippen molar-refractivity contribution in [3.8, 4) is 0 Å². The first kappa shape index (κ1) is 11.8. The SMILES string of the molecule is O.[CH2-]c1ccccc1.[Na+]. The zero-order valence-corrected chi connectivity index (χ0v) is 7.59. The maximum absolute atomic E-state index is 3.72. The van der Waals surface area contributed by atoms with Gasteiger partial charge in [-0.3, -0.25) is 0 Å². The fourth-order valence-corrected chi connectivity index (χ4v) is 0.478. The van der Waals surface area contributed by atoms with E-state index in [2.05, 4.69) is 6.92 Å². The molecule has 0 aromatic heterocycles. The molecule has 1 aromatic carbocycles. The van der Waals surface area contributed by atoms with Gasteiger partial charge in [-0.05, 0) is 0 Å². The minimum absolute atomic E-state index is 0. The Balaban J connectivity index is 0. The summed E-state index contributed by atoms with van der Waals surface area (Å²) in [6, 6.07) is 9.87. The van der Waals surface area contributed by atoms with Gasteiger partial charge in [0.05, 0.1) is 0 Å². The van der Waals surface area contributed by atoms with Crippen molar-refractivity contribution in [1.29, 1.82) is 0 Å². The van der Waals surface area contributed by atoms with E-state index < -0.39 is 0 Å². The van der Waals surface area contributed by atoms with Crippen molar-refractivity contribution < 1.29 is 35.0 Å². The van der Waals surface area contributed by atoms with Crippen molar-refractivity contribution in [3.63, 3.8) is 0 Å². The van der Waals surface area contributed by atoms with Crippen LogP contribution in [0, 0.1) is 6.92 Å². The molecule has 0 amide bonds. The maximum atomic E-state index is 3.72. The molecule has 0 radical (unpaired) electrons. The second kappa shape index (κ2) is 6.17. The van der Waals surface area contributed by atoms with E-state index in [0.29, 0.717) is 0 Å². The van der Waals surface area contributed by atoms with Gasteiger partial charge < -0.3 is 5.48 Å². The van der Waals surface area contributed by atoms with E-state index >= 15 is 0 Å². The van der Waals surface area contributed by atoms with Gasteiger partial charge in [-0.15, -0.1) is 12.1 Å². The van der Waals surface area contributed by atoms with Crippen LogP contribution in [-0.2, 0) is 0 Å². The minimum Gasteiger partial charge on any atom is -0.412 e. The molecule has 1 rings (SSSR count). The first-order chi connectivity index (χ1) is 3.39. The first-order valence-electron chi connectivity index (χ1n) is 2.26. The molecule has 0 aliphatic rings. The molecule has 44 valence electrons. The largest absolute Gasteiger partial charge is 1.00 e. The number of rotatable bonds is 0. The molecule has 0 spiro atoms. The smallest absolute Gasteiger partial charge is 0.412 e. The number of hydrogen-bond acceptors (Lipinski definition) is 0. The normalized spacial score (nSPS) is 6.67. The van der Waals surface area contributed by atoms with Crippen LogP contribution in [0.3, 0.4) is 0 Å². The van der Waals surface area contributed by atoms with E-state index in [1.54, 1.807) is 0 Å². The van der Waals surface area contributed by atoms with Crippen molar-refractivity contribution in [2.45, 2.75) is 0 Å². The molecule has 1 nitrogen and oxygen atoms in total. The van der Waals surface area contributed by atoms with Gasteiger partial charge >= 0.3 is 29.6 Å². The Labute approximate surface area is 77.7 Å². The third kappa shape index (κ3) is 4.55. The molecule has 0 fully saturated rings. The van der Waals surface area contributed by atoms with Gasteiger partial charge in [0.25, 0.3) is 0 Å². The molecule has 0 saturated carbocycles. The van der Waals surface area contributed by atoms with E-state index in [4.69, 9.17) is 0 Å². The van der Waals surface area contributed by atoms with Crippen molar-refractivity contribution >= 4 is 0 Å². The van der Waals surface area contributed by atoms with Crippen molar-refractivity contribution in [1.82, 2.24) is 0 Å². The molecule has 1 aromatic rings. The van der Waals surface area contributed by atoms with Gasteiger partial charge in [0.1, 0.15) is 0 Å². The molecular weight excluding hydrogens is 123 g/mol. The average Bonchev–Trinajstić information content (AvgIpc) is 1.69. The third-order valence-electron chi connectivity index (χ3n) is 0.843. The fourth-order valence-electron chi connectivity index (χ4n) is 0.478. The zero-order chi connectivity index (χ0) is 5.11. The van der Waals surface area contributed by atoms with Gasteiger partial charge in [-0.25, -0.2) is 0 Å². The molecule has 0 unspecified atom stereocenters. The molecule has 0 bridgehead atoms. The van der Waals surface area contributed by atoms with Gasteiger partial charge in [0, 0.05) is 0 Å².